The third-order valence-corrected chi connectivity index (χ3v) is 4.26. The van der Waals surface area contributed by atoms with E-state index in [0.29, 0.717) is 13.0 Å². The molecule has 1 atom stereocenters. The van der Waals surface area contributed by atoms with Crippen molar-refractivity contribution in [3.05, 3.63) is 72.6 Å². The van der Waals surface area contributed by atoms with Crippen molar-refractivity contribution < 1.29 is 42.6 Å². The largest absolute Gasteiger partial charge is 0.514 e. The second-order valence-electron chi connectivity index (χ2n) is 6.14. The quantitative estimate of drug-likeness (QED) is 0.799. The average Bonchev–Trinajstić information content (AvgIpc) is 2.64. The van der Waals surface area contributed by atoms with Crippen LogP contribution in [0.1, 0.15) is 29.5 Å². The molecule has 1 radical (unpaired) electrons. The molecule has 127 valence electrons. The third-order valence-electron chi connectivity index (χ3n) is 4.26. The van der Waals surface area contributed by atoms with Gasteiger partial charge in [-0.15, -0.1) is 6.07 Å². The Hall–Kier alpha value is -0.736. The molecule has 4 heteroatoms. The van der Waals surface area contributed by atoms with E-state index in [4.69, 9.17) is 4.74 Å². The van der Waals surface area contributed by atoms with Gasteiger partial charge in [0.2, 0.25) is 0 Å². The molecule has 0 spiro atoms. The van der Waals surface area contributed by atoms with E-state index in [1.807, 2.05) is 42.5 Å². The summed E-state index contributed by atoms with van der Waals surface area (Å²) in [7, 11) is 4.10. The predicted molar refractivity (Wildman–Crippen MR) is 93.3 cm³/mol. The van der Waals surface area contributed by atoms with Crippen LogP contribution in [-0.4, -0.2) is 30.6 Å². The van der Waals surface area contributed by atoms with Crippen molar-refractivity contribution >= 4 is 0 Å². The molecule has 3 rings (SSSR count). The van der Waals surface area contributed by atoms with Gasteiger partial charge in [-0.1, -0.05) is 29.8 Å². The number of nitrogens with zero attached hydrogens (tertiary/aromatic N) is 1. The molecule has 1 N–H and O–H groups in total. The number of benzene rings is 2. The maximum Gasteiger partial charge on any atom is 0.110 e. The van der Waals surface area contributed by atoms with E-state index in [9.17, 15) is 5.11 Å². The molecule has 0 saturated heterocycles. The number of rotatable bonds is 4. The number of hydrogen-bond donors (Lipinski definition) is 1. The Bertz CT molecular complexity index is 610. The van der Waals surface area contributed by atoms with E-state index in [1.165, 1.54) is 0 Å². The fraction of sp³-hybridized carbons (Fsp3) is 0.350. The van der Waals surface area contributed by atoms with Crippen molar-refractivity contribution in [1.82, 2.24) is 4.90 Å². The normalized spacial score (nSPS) is 18.3. The molecule has 1 heterocycles. The summed E-state index contributed by atoms with van der Waals surface area (Å²) in [4.78, 5) is 2.14. The summed E-state index contributed by atoms with van der Waals surface area (Å²) in [5, 5.41) is 11.5. The third kappa shape index (κ3) is 4.26. The summed E-state index contributed by atoms with van der Waals surface area (Å²) in [5.41, 5.74) is 1.80. The van der Waals surface area contributed by atoms with Crippen LogP contribution in [-0.2, 0) is 44.9 Å². The number of hydrogen-bond acceptors (Lipinski definition) is 3. The topological polar surface area (TPSA) is 32.7 Å². The van der Waals surface area contributed by atoms with E-state index in [-0.39, 0.29) is 40.1 Å². The van der Waals surface area contributed by atoms with Crippen LogP contribution in [0.3, 0.4) is 0 Å². The Kier molecular flexibility index (Phi) is 8.08. The van der Waals surface area contributed by atoms with E-state index in [0.717, 1.165) is 35.4 Å². The molecule has 1 aliphatic heterocycles. The minimum atomic E-state index is -1.02. The van der Waals surface area contributed by atoms with Crippen LogP contribution in [0.4, 0.5) is 0 Å². The number of fused-ring (bicyclic) bond motifs is 2. The Morgan fingerprint density at radius 1 is 1.21 bits per heavy atom. The van der Waals surface area contributed by atoms with Gasteiger partial charge in [0.15, 0.2) is 0 Å². The summed E-state index contributed by atoms with van der Waals surface area (Å²) in [6.45, 7) is 1.43. The zero-order valence-corrected chi connectivity index (χ0v) is 17.6. The van der Waals surface area contributed by atoms with Crippen molar-refractivity contribution in [1.29, 1.82) is 0 Å². The van der Waals surface area contributed by atoms with E-state index >= 15 is 0 Å². The SMILES string of the molecule is CN(C)CCCC1(O)c2ccccc2COc2cc[c-]cc21.[CH3-].[Y]. The molecule has 0 aromatic heterocycles. The standard InChI is InChI=1S/C19H22NO2.CH3.Y/c1-20(2)13-7-12-19(21)16-9-4-3-8-15(16)14-22-18-11-6-5-10-17(18)19;;/h3-4,6,8-11,21H,7,12-14H2,1-2H3;1H3;/q2*-1;. The van der Waals surface area contributed by atoms with Crippen molar-refractivity contribution in [3.63, 3.8) is 0 Å². The molecule has 0 aliphatic carbocycles. The molecule has 2 aromatic rings. The summed E-state index contributed by atoms with van der Waals surface area (Å²) in [6.07, 6.45) is 1.57. The maximum absolute atomic E-state index is 11.5. The van der Waals surface area contributed by atoms with E-state index in [2.05, 4.69) is 25.1 Å². The molecule has 1 unspecified atom stereocenters. The molecule has 2 aromatic carbocycles. The number of ether oxygens (including phenoxy) is 1. The Labute approximate surface area is 170 Å². The fourth-order valence-electron chi connectivity index (χ4n) is 3.14. The van der Waals surface area contributed by atoms with Gasteiger partial charge in [0.1, 0.15) is 6.61 Å². The molecular weight excluding hydrogens is 375 g/mol. The average molecular weight is 400 g/mol. The summed E-state index contributed by atoms with van der Waals surface area (Å²) >= 11 is 0. The molecule has 3 nitrogen and oxygen atoms in total. The molecule has 0 fully saturated rings. The van der Waals surface area contributed by atoms with Crippen molar-refractivity contribution in [2.45, 2.75) is 25.0 Å². The van der Waals surface area contributed by atoms with Crippen LogP contribution in [0.15, 0.2) is 42.5 Å². The molecule has 0 amide bonds. The van der Waals surface area contributed by atoms with Gasteiger partial charge in [0.05, 0.1) is 5.60 Å². The molecule has 0 saturated carbocycles. The van der Waals surface area contributed by atoms with Gasteiger partial charge in [-0.05, 0) is 44.6 Å². The Morgan fingerprint density at radius 3 is 2.71 bits per heavy atom. The van der Waals surface area contributed by atoms with Crippen molar-refractivity contribution in [3.8, 4) is 5.75 Å². The molecule has 1 aliphatic rings. The van der Waals surface area contributed by atoms with Gasteiger partial charge in [0, 0.05) is 38.5 Å². The Morgan fingerprint density at radius 2 is 1.96 bits per heavy atom. The molecule has 0 bridgehead atoms. The van der Waals surface area contributed by atoms with Crippen molar-refractivity contribution in [2.24, 2.45) is 0 Å². The minimum Gasteiger partial charge on any atom is -0.514 e. The predicted octanol–water partition coefficient (Wildman–Crippen LogP) is 3.40. The second-order valence-corrected chi connectivity index (χ2v) is 6.14. The summed E-state index contributed by atoms with van der Waals surface area (Å²) in [6, 6.07) is 16.7. The van der Waals surface area contributed by atoms with Gasteiger partial charge in [-0.2, -0.15) is 18.2 Å². The second kappa shape index (κ2) is 9.10. The maximum atomic E-state index is 11.5. The van der Waals surface area contributed by atoms with Crippen LogP contribution < -0.4 is 4.74 Å². The smallest absolute Gasteiger partial charge is 0.110 e. The minimum absolute atomic E-state index is 0. The molecule has 24 heavy (non-hydrogen) atoms. The van der Waals surface area contributed by atoms with Gasteiger partial charge >= 0.3 is 0 Å². The summed E-state index contributed by atoms with van der Waals surface area (Å²) < 4.78 is 5.91. The van der Waals surface area contributed by atoms with Crippen LogP contribution >= 0.6 is 0 Å². The van der Waals surface area contributed by atoms with Crippen molar-refractivity contribution in [2.75, 3.05) is 20.6 Å². The van der Waals surface area contributed by atoms with Gasteiger partial charge in [-0.25, -0.2) is 0 Å². The first-order chi connectivity index (χ1) is 10.6. The summed E-state index contributed by atoms with van der Waals surface area (Å²) in [5.74, 6) is 0.752. The van der Waals surface area contributed by atoms with E-state index in [1.54, 1.807) is 0 Å². The van der Waals surface area contributed by atoms with Gasteiger partial charge < -0.3 is 22.2 Å². The zero-order valence-electron chi connectivity index (χ0n) is 14.7. The van der Waals surface area contributed by atoms with Crippen LogP contribution in [0.25, 0.3) is 0 Å². The monoisotopic (exact) mass is 400 g/mol. The Balaban J connectivity index is 0.00000144. The number of aliphatic hydroxyl groups is 1. The van der Waals surface area contributed by atoms with Crippen LogP contribution in [0.2, 0.25) is 0 Å². The fourth-order valence-corrected chi connectivity index (χ4v) is 3.14. The van der Waals surface area contributed by atoms with Crippen LogP contribution in [0.5, 0.6) is 5.75 Å². The van der Waals surface area contributed by atoms with Crippen LogP contribution in [0, 0.1) is 13.5 Å². The first kappa shape index (κ1) is 21.3. The first-order valence-electron chi connectivity index (χ1n) is 7.70. The zero-order chi connectivity index (χ0) is 15.6. The first-order valence-corrected chi connectivity index (χ1v) is 7.70. The van der Waals surface area contributed by atoms with Gasteiger partial charge in [0.25, 0.3) is 0 Å². The van der Waals surface area contributed by atoms with E-state index < -0.39 is 5.60 Å². The molecular formula is C20H25NO2Y-2. The van der Waals surface area contributed by atoms with Gasteiger partial charge in [-0.3, -0.25) is 0 Å².